The van der Waals surface area contributed by atoms with Gasteiger partial charge in [-0.3, -0.25) is 0 Å². The van der Waals surface area contributed by atoms with Gasteiger partial charge >= 0.3 is 7.12 Å². The van der Waals surface area contributed by atoms with Crippen LogP contribution >= 0.6 is 0 Å². The number of benzene rings is 3. The van der Waals surface area contributed by atoms with E-state index < -0.39 is 18.3 Å². The molecule has 0 spiro atoms. The first-order chi connectivity index (χ1) is 16.8. The Balaban J connectivity index is 1.56. The second kappa shape index (κ2) is 8.73. The minimum absolute atomic E-state index is 0.405. The number of hydrogen-bond donors (Lipinski definition) is 0. The van der Waals surface area contributed by atoms with Crippen LogP contribution in [0.1, 0.15) is 33.3 Å². The predicted molar refractivity (Wildman–Crippen MR) is 137 cm³/mol. The molecule has 0 bridgehead atoms. The normalized spacial score (nSPS) is 16.1. The third-order valence-corrected chi connectivity index (χ3v) is 6.65. The van der Waals surface area contributed by atoms with Crippen LogP contribution in [0, 0.1) is 11.3 Å². The largest absolute Gasteiger partial charge is 0.494 e. The molecule has 1 aliphatic heterocycles. The van der Waals surface area contributed by atoms with Crippen molar-refractivity contribution < 1.29 is 9.31 Å². The van der Waals surface area contributed by atoms with Crippen molar-refractivity contribution in [2.24, 2.45) is 0 Å². The summed E-state index contributed by atoms with van der Waals surface area (Å²) in [6.45, 7) is 8.16. The summed E-state index contributed by atoms with van der Waals surface area (Å²) in [7, 11) is -0.439. The van der Waals surface area contributed by atoms with Gasteiger partial charge in [0, 0.05) is 16.7 Å². The lowest BCUT2D eigenvalue weighted by Crippen LogP contribution is -2.41. The van der Waals surface area contributed by atoms with Gasteiger partial charge in [0.1, 0.15) is 0 Å². The quantitative estimate of drug-likeness (QED) is 0.397. The van der Waals surface area contributed by atoms with Crippen LogP contribution in [0.15, 0.2) is 78.9 Å². The van der Waals surface area contributed by atoms with Crippen molar-refractivity contribution in [2.75, 3.05) is 0 Å². The highest BCUT2D eigenvalue weighted by Gasteiger charge is 2.51. The molecule has 4 aromatic rings. The van der Waals surface area contributed by atoms with Crippen molar-refractivity contribution in [1.29, 1.82) is 5.26 Å². The molecule has 0 radical (unpaired) electrons. The van der Waals surface area contributed by atoms with E-state index in [-0.39, 0.29) is 0 Å². The predicted octanol–water partition coefficient (Wildman–Crippen LogP) is 5.04. The summed E-state index contributed by atoms with van der Waals surface area (Å²) in [6, 6.07) is 27.2. The molecule has 5 rings (SSSR count). The van der Waals surface area contributed by atoms with Gasteiger partial charge in [0.25, 0.3) is 0 Å². The van der Waals surface area contributed by atoms with Crippen LogP contribution in [0.2, 0.25) is 0 Å². The monoisotopic (exact) mass is 460 g/mol. The van der Waals surface area contributed by atoms with Gasteiger partial charge in [0.2, 0.25) is 0 Å². The Morgan fingerprint density at radius 3 is 1.77 bits per heavy atom. The Bertz CT molecular complexity index is 1400. The summed E-state index contributed by atoms with van der Waals surface area (Å²) in [4.78, 5) is 14.2. The lowest BCUT2D eigenvalue weighted by molar-refractivity contribution is 0.00578. The molecule has 7 heteroatoms. The van der Waals surface area contributed by atoms with Crippen LogP contribution in [-0.2, 0) is 9.31 Å². The van der Waals surface area contributed by atoms with Crippen LogP contribution < -0.4 is 5.46 Å². The van der Waals surface area contributed by atoms with Gasteiger partial charge in [-0.25, -0.2) is 15.0 Å². The van der Waals surface area contributed by atoms with Crippen LogP contribution in [0.5, 0.6) is 0 Å². The van der Waals surface area contributed by atoms with E-state index in [2.05, 4.69) is 6.07 Å². The van der Waals surface area contributed by atoms with Gasteiger partial charge in [-0.2, -0.15) is 5.26 Å². The van der Waals surface area contributed by atoms with E-state index in [0.29, 0.717) is 28.6 Å². The number of rotatable bonds is 4. The lowest BCUT2D eigenvalue weighted by atomic mass is 9.79. The molecule has 2 heterocycles. The fourth-order valence-electron chi connectivity index (χ4n) is 3.89. The highest BCUT2D eigenvalue weighted by Crippen LogP contribution is 2.36. The van der Waals surface area contributed by atoms with Crippen molar-refractivity contribution in [3.05, 3.63) is 84.4 Å². The number of hydrogen-bond acceptors (Lipinski definition) is 6. The van der Waals surface area contributed by atoms with Gasteiger partial charge in [-0.1, -0.05) is 66.7 Å². The maximum atomic E-state index is 9.62. The van der Waals surface area contributed by atoms with E-state index in [1.807, 2.05) is 100 Å². The van der Waals surface area contributed by atoms with Crippen molar-refractivity contribution >= 4 is 12.6 Å². The molecular weight excluding hydrogens is 435 g/mol. The standard InChI is InChI=1S/C28H25BN4O2/c1-27(2)28(3,4)35-29(34-27)22-16-14-20(15-17-22)25-31-24(19-10-6-5-7-11-19)32-26(33-25)23-13-9-8-12-21(23)18-30/h5-17H,1-4H3. The maximum Gasteiger partial charge on any atom is 0.494 e. The van der Waals surface area contributed by atoms with Gasteiger partial charge < -0.3 is 9.31 Å². The Morgan fingerprint density at radius 1 is 0.657 bits per heavy atom. The first-order valence-corrected chi connectivity index (χ1v) is 11.5. The van der Waals surface area contributed by atoms with E-state index >= 15 is 0 Å². The molecule has 0 unspecified atom stereocenters. The Kier molecular flexibility index (Phi) is 5.72. The molecule has 0 saturated carbocycles. The molecule has 0 amide bonds. The average molecular weight is 460 g/mol. The first-order valence-electron chi connectivity index (χ1n) is 11.5. The number of nitriles is 1. The Labute approximate surface area is 205 Å². The highest BCUT2D eigenvalue weighted by atomic mass is 16.7. The molecule has 6 nitrogen and oxygen atoms in total. The molecule has 172 valence electrons. The van der Waals surface area contributed by atoms with E-state index in [1.165, 1.54) is 0 Å². The molecule has 1 saturated heterocycles. The minimum Gasteiger partial charge on any atom is -0.399 e. The zero-order chi connectivity index (χ0) is 24.6. The summed E-state index contributed by atoms with van der Waals surface area (Å²) in [6.07, 6.45) is 0. The molecule has 0 N–H and O–H groups in total. The lowest BCUT2D eigenvalue weighted by Gasteiger charge is -2.32. The van der Waals surface area contributed by atoms with Gasteiger partial charge in [-0.15, -0.1) is 0 Å². The minimum atomic E-state index is -0.439. The zero-order valence-electron chi connectivity index (χ0n) is 20.2. The fraction of sp³-hybridized carbons (Fsp3) is 0.214. The summed E-state index contributed by atoms with van der Waals surface area (Å²) < 4.78 is 12.4. The van der Waals surface area contributed by atoms with Gasteiger partial charge in [0.15, 0.2) is 17.5 Å². The summed E-state index contributed by atoms with van der Waals surface area (Å²) in [5.74, 6) is 1.54. The smallest absolute Gasteiger partial charge is 0.399 e. The van der Waals surface area contributed by atoms with E-state index in [4.69, 9.17) is 24.3 Å². The number of aromatic nitrogens is 3. The van der Waals surface area contributed by atoms with Gasteiger partial charge in [0.05, 0.1) is 22.8 Å². The summed E-state index contributed by atoms with van der Waals surface area (Å²) in [5, 5.41) is 9.62. The summed E-state index contributed by atoms with van der Waals surface area (Å²) >= 11 is 0. The first kappa shape index (κ1) is 22.9. The Morgan fingerprint density at radius 2 is 1.17 bits per heavy atom. The van der Waals surface area contributed by atoms with Crippen molar-refractivity contribution in [3.63, 3.8) is 0 Å². The highest BCUT2D eigenvalue weighted by molar-refractivity contribution is 6.62. The molecule has 0 atom stereocenters. The van der Waals surface area contributed by atoms with Crippen LogP contribution in [0.4, 0.5) is 0 Å². The SMILES string of the molecule is CC1(C)OB(c2ccc(-c3nc(-c4ccccc4)nc(-c4ccccc4C#N)n3)cc2)OC1(C)C. The third-order valence-electron chi connectivity index (χ3n) is 6.65. The van der Waals surface area contributed by atoms with Crippen molar-refractivity contribution in [3.8, 4) is 40.2 Å². The zero-order valence-corrected chi connectivity index (χ0v) is 20.2. The maximum absolute atomic E-state index is 9.62. The van der Waals surface area contributed by atoms with Crippen molar-refractivity contribution in [2.45, 2.75) is 38.9 Å². The molecule has 1 fully saturated rings. The molecule has 1 aliphatic rings. The molecule has 3 aromatic carbocycles. The van der Waals surface area contributed by atoms with E-state index in [0.717, 1.165) is 16.6 Å². The Hall–Kier alpha value is -3.86. The third kappa shape index (κ3) is 4.34. The second-order valence-corrected chi connectivity index (χ2v) is 9.54. The van der Waals surface area contributed by atoms with E-state index in [9.17, 15) is 5.26 Å². The topological polar surface area (TPSA) is 80.9 Å². The molecule has 35 heavy (non-hydrogen) atoms. The average Bonchev–Trinajstić information content (AvgIpc) is 3.11. The van der Waals surface area contributed by atoms with Crippen molar-refractivity contribution in [1.82, 2.24) is 15.0 Å². The molecule has 1 aromatic heterocycles. The second-order valence-electron chi connectivity index (χ2n) is 9.54. The van der Waals surface area contributed by atoms with E-state index in [1.54, 1.807) is 6.07 Å². The summed E-state index contributed by atoms with van der Waals surface area (Å²) in [5.41, 5.74) is 3.02. The van der Waals surface area contributed by atoms with Crippen LogP contribution in [0.25, 0.3) is 34.2 Å². The van der Waals surface area contributed by atoms with Crippen LogP contribution in [0.3, 0.4) is 0 Å². The number of nitrogens with zero attached hydrogens (tertiary/aromatic N) is 4. The molecule has 0 aliphatic carbocycles. The van der Waals surface area contributed by atoms with Gasteiger partial charge in [-0.05, 0) is 45.3 Å². The fourth-order valence-corrected chi connectivity index (χ4v) is 3.89. The van der Waals surface area contributed by atoms with Crippen LogP contribution in [-0.4, -0.2) is 33.3 Å². The molecular formula is C28H25BN4O2.